The van der Waals surface area contributed by atoms with Crippen molar-refractivity contribution in [1.82, 2.24) is 5.43 Å². The number of halogens is 2. The second-order valence-electron chi connectivity index (χ2n) is 4.46. The van der Waals surface area contributed by atoms with Crippen LogP contribution in [0.3, 0.4) is 0 Å². The first kappa shape index (κ1) is 16.1. The number of phenols is 1. The molecule has 2 aromatic carbocycles. The van der Waals surface area contributed by atoms with Crippen LogP contribution in [0, 0.1) is 6.92 Å². The lowest BCUT2D eigenvalue weighted by molar-refractivity contribution is 0.252. The maximum atomic E-state index is 11.7. The molecule has 0 bridgehead atoms. The molecule has 0 aliphatic rings. The van der Waals surface area contributed by atoms with E-state index in [-0.39, 0.29) is 10.8 Å². The third-order valence-corrected chi connectivity index (χ3v) is 3.33. The highest BCUT2D eigenvalue weighted by Gasteiger charge is 2.06. The summed E-state index contributed by atoms with van der Waals surface area (Å²) in [5.41, 5.74) is 4.21. The van der Waals surface area contributed by atoms with E-state index in [1.54, 1.807) is 6.07 Å². The van der Waals surface area contributed by atoms with Crippen LogP contribution in [0.1, 0.15) is 11.1 Å². The minimum atomic E-state index is -0.502. The first-order valence-corrected chi connectivity index (χ1v) is 7.06. The normalized spacial score (nSPS) is 10.7. The van der Waals surface area contributed by atoms with Gasteiger partial charge in [-0.2, -0.15) is 5.10 Å². The molecule has 114 valence electrons. The topological polar surface area (TPSA) is 73.7 Å². The largest absolute Gasteiger partial charge is 0.506 e. The number of hydrogen-bond donors (Lipinski definition) is 3. The number of carbonyl (C=O) groups is 1. The van der Waals surface area contributed by atoms with E-state index >= 15 is 0 Å². The number of para-hydroxylation sites is 1. The van der Waals surface area contributed by atoms with Crippen LogP contribution in [0.15, 0.2) is 41.5 Å². The van der Waals surface area contributed by atoms with Crippen molar-refractivity contribution in [2.75, 3.05) is 5.32 Å². The fourth-order valence-electron chi connectivity index (χ4n) is 1.71. The average molecular weight is 338 g/mol. The molecule has 0 aliphatic carbocycles. The molecule has 2 aromatic rings. The van der Waals surface area contributed by atoms with Gasteiger partial charge in [0.25, 0.3) is 0 Å². The van der Waals surface area contributed by atoms with Gasteiger partial charge in [0.15, 0.2) is 0 Å². The number of benzene rings is 2. The number of rotatable bonds is 3. The Kier molecular flexibility index (Phi) is 5.25. The second kappa shape index (κ2) is 7.15. The Morgan fingerprint density at radius 1 is 1.27 bits per heavy atom. The van der Waals surface area contributed by atoms with E-state index in [0.717, 1.165) is 5.56 Å². The lowest BCUT2D eigenvalue weighted by atomic mass is 10.2. The van der Waals surface area contributed by atoms with Crippen molar-refractivity contribution in [3.8, 4) is 5.75 Å². The van der Waals surface area contributed by atoms with Crippen LogP contribution in [0.2, 0.25) is 10.0 Å². The molecule has 0 radical (unpaired) electrons. The molecule has 2 rings (SSSR count). The van der Waals surface area contributed by atoms with E-state index in [4.69, 9.17) is 23.2 Å². The smallest absolute Gasteiger partial charge is 0.339 e. The molecule has 0 saturated carbocycles. The Hall–Kier alpha value is -2.24. The van der Waals surface area contributed by atoms with Crippen LogP contribution in [-0.4, -0.2) is 17.4 Å². The minimum absolute atomic E-state index is 0.110. The molecule has 0 unspecified atom stereocenters. The highest BCUT2D eigenvalue weighted by molar-refractivity contribution is 6.36. The molecule has 7 heteroatoms. The van der Waals surface area contributed by atoms with Crippen LogP contribution < -0.4 is 10.7 Å². The fraction of sp³-hybridized carbons (Fsp3) is 0.0667. The number of carbonyl (C=O) groups excluding carboxylic acids is 1. The SMILES string of the molecule is Cc1ccccc1NC(=O)NN=Cc1cc(Cl)cc(Cl)c1O. The van der Waals surface area contributed by atoms with Crippen molar-refractivity contribution >= 4 is 41.1 Å². The third-order valence-electron chi connectivity index (χ3n) is 2.82. The summed E-state index contributed by atoms with van der Waals surface area (Å²) >= 11 is 11.6. The van der Waals surface area contributed by atoms with Gasteiger partial charge >= 0.3 is 6.03 Å². The van der Waals surface area contributed by atoms with Gasteiger partial charge in [0.05, 0.1) is 11.2 Å². The number of nitrogens with one attached hydrogen (secondary N) is 2. The molecule has 0 heterocycles. The van der Waals surface area contributed by atoms with Gasteiger partial charge < -0.3 is 10.4 Å². The summed E-state index contributed by atoms with van der Waals surface area (Å²) < 4.78 is 0. The fourth-order valence-corrected chi connectivity index (χ4v) is 2.22. The van der Waals surface area contributed by atoms with E-state index in [9.17, 15) is 9.90 Å². The lowest BCUT2D eigenvalue weighted by Gasteiger charge is -2.07. The van der Waals surface area contributed by atoms with Gasteiger partial charge in [-0.1, -0.05) is 41.4 Å². The van der Waals surface area contributed by atoms with Gasteiger partial charge in [0, 0.05) is 16.3 Å². The molecule has 0 fully saturated rings. The monoisotopic (exact) mass is 337 g/mol. The van der Waals surface area contributed by atoms with Crippen LogP contribution in [-0.2, 0) is 0 Å². The van der Waals surface area contributed by atoms with Gasteiger partial charge in [0.1, 0.15) is 5.75 Å². The molecule has 0 aromatic heterocycles. The van der Waals surface area contributed by atoms with Crippen molar-refractivity contribution in [1.29, 1.82) is 0 Å². The zero-order valence-electron chi connectivity index (χ0n) is 11.6. The van der Waals surface area contributed by atoms with E-state index in [1.807, 2.05) is 25.1 Å². The number of phenolic OH excluding ortho intramolecular Hbond substituents is 1. The number of nitrogens with zero attached hydrogens (tertiary/aromatic N) is 1. The predicted molar refractivity (Wildman–Crippen MR) is 89.1 cm³/mol. The van der Waals surface area contributed by atoms with E-state index < -0.39 is 6.03 Å². The average Bonchev–Trinajstić information content (AvgIpc) is 2.46. The standard InChI is InChI=1S/C15H13Cl2N3O2/c1-9-4-2-3-5-13(9)19-15(22)20-18-8-10-6-11(16)7-12(17)14(10)21/h2-8,21H,1H3,(H2,19,20,22). The number of amides is 2. The Morgan fingerprint density at radius 2 is 2.00 bits per heavy atom. The Balaban J connectivity index is 2.01. The summed E-state index contributed by atoms with van der Waals surface area (Å²) in [5, 5.41) is 16.6. The molecule has 0 spiro atoms. The number of hydrazone groups is 1. The van der Waals surface area contributed by atoms with Crippen molar-refractivity contribution in [3.63, 3.8) is 0 Å². The number of hydrogen-bond acceptors (Lipinski definition) is 3. The summed E-state index contributed by atoms with van der Waals surface area (Å²) in [6, 6.07) is 9.74. The first-order chi connectivity index (χ1) is 10.5. The summed E-state index contributed by atoms with van der Waals surface area (Å²) in [4.78, 5) is 11.7. The lowest BCUT2D eigenvalue weighted by Crippen LogP contribution is -2.24. The van der Waals surface area contributed by atoms with Gasteiger partial charge in [-0.25, -0.2) is 10.2 Å². The summed E-state index contributed by atoms with van der Waals surface area (Å²) in [6.45, 7) is 1.88. The van der Waals surface area contributed by atoms with E-state index in [1.165, 1.54) is 18.3 Å². The van der Waals surface area contributed by atoms with E-state index in [2.05, 4.69) is 15.8 Å². The molecule has 22 heavy (non-hydrogen) atoms. The Morgan fingerprint density at radius 3 is 2.73 bits per heavy atom. The molecule has 0 saturated heterocycles. The maximum Gasteiger partial charge on any atom is 0.339 e. The van der Waals surface area contributed by atoms with Crippen molar-refractivity contribution in [2.45, 2.75) is 6.92 Å². The first-order valence-electron chi connectivity index (χ1n) is 6.31. The number of aromatic hydroxyl groups is 1. The van der Waals surface area contributed by atoms with Crippen LogP contribution in [0.25, 0.3) is 0 Å². The van der Waals surface area contributed by atoms with E-state index in [0.29, 0.717) is 16.3 Å². The number of aryl methyl sites for hydroxylation is 1. The molecular formula is C15H13Cl2N3O2. The van der Waals surface area contributed by atoms with Crippen molar-refractivity contribution in [3.05, 3.63) is 57.6 Å². The quantitative estimate of drug-likeness (QED) is 0.581. The van der Waals surface area contributed by atoms with Gasteiger partial charge in [-0.15, -0.1) is 0 Å². The molecule has 0 atom stereocenters. The second-order valence-corrected chi connectivity index (χ2v) is 5.31. The van der Waals surface area contributed by atoms with Crippen LogP contribution >= 0.6 is 23.2 Å². The summed E-state index contributed by atoms with van der Waals surface area (Å²) in [7, 11) is 0. The highest BCUT2D eigenvalue weighted by atomic mass is 35.5. The van der Waals surface area contributed by atoms with Crippen molar-refractivity contribution in [2.24, 2.45) is 5.10 Å². The Bertz CT molecular complexity index is 733. The molecule has 3 N–H and O–H groups in total. The number of urea groups is 1. The summed E-state index contributed by atoms with van der Waals surface area (Å²) in [6.07, 6.45) is 1.25. The van der Waals surface area contributed by atoms with Gasteiger partial charge in [0.2, 0.25) is 0 Å². The zero-order valence-corrected chi connectivity index (χ0v) is 13.1. The van der Waals surface area contributed by atoms with Crippen LogP contribution in [0.5, 0.6) is 5.75 Å². The summed E-state index contributed by atoms with van der Waals surface area (Å²) in [5.74, 6) is -0.157. The predicted octanol–water partition coefficient (Wildman–Crippen LogP) is 4.16. The Labute approximate surface area is 137 Å². The molecule has 5 nitrogen and oxygen atoms in total. The highest BCUT2D eigenvalue weighted by Crippen LogP contribution is 2.29. The minimum Gasteiger partial charge on any atom is -0.506 e. The molecular weight excluding hydrogens is 325 g/mol. The maximum absolute atomic E-state index is 11.7. The number of anilines is 1. The van der Waals surface area contributed by atoms with Crippen molar-refractivity contribution < 1.29 is 9.90 Å². The molecule has 0 aliphatic heterocycles. The van der Waals surface area contributed by atoms with Crippen LogP contribution in [0.4, 0.5) is 10.5 Å². The van der Waals surface area contributed by atoms with Gasteiger partial charge in [-0.3, -0.25) is 0 Å². The zero-order chi connectivity index (χ0) is 16.1. The third kappa shape index (κ3) is 4.13. The molecule has 2 amide bonds. The van der Waals surface area contributed by atoms with Gasteiger partial charge in [-0.05, 0) is 30.7 Å².